The van der Waals surface area contributed by atoms with Crippen LogP contribution in [0.15, 0.2) is 53.7 Å². The van der Waals surface area contributed by atoms with Gasteiger partial charge in [-0.15, -0.1) is 10.2 Å². The van der Waals surface area contributed by atoms with Crippen molar-refractivity contribution in [2.45, 2.75) is 11.8 Å². The van der Waals surface area contributed by atoms with E-state index in [-0.39, 0.29) is 18.3 Å². The highest BCUT2D eigenvalue weighted by Gasteiger charge is 2.19. The van der Waals surface area contributed by atoms with Crippen LogP contribution in [0.5, 0.6) is 11.5 Å². The lowest BCUT2D eigenvalue weighted by molar-refractivity contribution is 0.102. The van der Waals surface area contributed by atoms with Crippen molar-refractivity contribution in [3.8, 4) is 17.2 Å². The lowest BCUT2D eigenvalue weighted by Gasteiger charge is -2.09. The molecule has 0 amide bonds. The topological polar surface area (TPSA) is 75.5 Å². The van der Waals surface area contributed by atoms with Crippen LogP contribution >= 0.6 is 11.8 Å². The summed E-state index contributed by atoms with van der Waals surface area (Å²) in [7, 11) is 1.61. The molecule has 3 aromatic rings. The van der Waals surface area contributed by atoms with Crippen molar-refractivity contribution < 1.29 is 19.0 Å². The molecule has 0 spiro atoms. The number of nitrogens with zero attached hydrogens (tertiary/aromatic N) is 3. The van der Waals surface area contributed by atoms with Gasteiger partial charge in [-0.05, 0) is 30.3 Å². The van der Waals surface area contributed by atoms with Crippen LogP contribution < -0.4 is 9.47 Å². The number of ketones is 1. The fourth-order valence-electron chi connectivity index (χ4n) is 2.74. The third-order valence-electron chi connectivity index (χ3n) is 4.02. The fourth-order valence-corrected chi connectivity index (χ4v) is 3.60. The van der Waals surface area contributed by atoms with E-state index in [0.717, 1.165) is 5.69 Å². The third-order valence-corrected chi connectivity index (χ3v) is 4.94. The number of hydrogen-bond donors (Lipinski definition) is 0. The second-order valence-electron chi connectivity index (χ2n) is 5.78. The monoisotopic (exact) mass is 383 g/mol. The van der Waals surface area contributed by atoms with Crippen LogP contribution in [0.3, 0.4) is 0 Å². The number of hydrogen-bond acceptors (Lipinski definition) is 7. The molecule has 138 valence electrons. The molecule has 0 N–H and O–H groups in total. The molecule has 2 heterocycles. The largest absolute Gasteiger partial charge is 0.454 e. The quantitative estimate of drug-likeness (QED) is 0.458. The van der Waals surface area contributed by atoms with Gasteiger partial charge in [0.05, 0.1) is 5.75 Å². The molecule has 0 saturated carbocycles. The fraction of sp³-hybridized carbons (Fsp3) is 0.211. The Morgan fingerprint density at radius 3 is 2.78 bits per heavy atom. The summed E-state index contributed by atoms with van der Waals surface area (Å²) in [5.74, 6) is 2.15. The molecule has 0 aliphatic carbocycles. The summed E-state index contributed by atoms with van der Waals surface area (Å²) >= 11 is 1.34. The van der Waals surface area contributed by atoms with Crippen LogP contribution in [0.4, 0.5) is 0 Å². The number of benzene rings is 2. The molecule has 27 heavy (non-hydrogen) atoms. The van der Waals surface area contributed by atoms with Crippen molar-refractivity contribution in [2.24, 2.45) is 0 Å². The number of aromatic nitrogens is 3. The number of ether oxygens (including phenoxy) is 3. The van der Waals surface area contributed by atoms with Crippen molar-refractivity contribution >= 4 is 17.5 Å². The van der Waals surface area contributed by atoms with E-state index in [2.05, 4.69) is 10.2 Å². The Labute approximate surface area is 160 Å². The van der Waals surface area contributed by atoms with Gasteiger partial charge in [0.2, 0.25) is 6.79 Å². The first-order valence-corrected chi connectivity index (χ1v) is 9.29. The van der Waals surface area contributed by atoms with E-state index in [9.17, 15) is 4.79 Å². The molecule has 1 aromatic heterocycles. The van der Waals surface area contributed by atoms with Crippen molar-refractivity contribution in [1.82, 2.24) is 14.8 Å². The molecule has 4 rings (SSSR count). The van der Waals surface area contributed by atoms with Gasteiger partial charge in [-0.3, -0.25) is 9.36 Å². The SMILES string of the molecule is COCc1nnc(SCC(=O)c2ccc3c(c2)OCO3)n1-c1ccccc1. The summed E-state index contributed by atoms with van der Waals surface area (Å²) in [6.45, 7) is 0.517. The van der Waals surface area contributed by atoms with Gasteiger partial charge in [0.1, 0.15) is 6.61 Å². The Bertz CT molecular complexity index is 959. The molecular formula is C19H17N3O4S. The number of rotatable bonds is 7. The summed E-state index contributed by atoms with van der Waals surface area (Å²) in [6, 6.07) is 15.0. The minimum atomic E-state index is -0.0193. The van der Waals surface area contributed by atoms with E-state index in [4.69, 9.17) is 14.2 Å². The highest BCUT2D eigenvalue weighted by atomic mass is 32.2. The van der Waals surface area contributed by atoms with Gasteiger partial charge in [-0.1, -0.05) is 30.0 Å². The van der Waals surface area contributed by atoms with E-state index in [1.54, 1.807) is 25.3 Å². The zero-order chi connectivity index (χ0) is 18.6. The van der Waals surface area contributed by atoms with Crippen molar-refractivity contribution in [3.63, 3.8) is 0 Å². The molecule has 0 unspecified atom stereocenters. The maximum atomic E-state index is 12.6. The summed E-state index contributed by atoms with van der Waals surface area (Å²) in [5, 5.41) is 9.07. The van der Waals surface area contributed by atoms with Crippen molar-refractivity contribution in [2.75, 3.05) is 19.7 Å². The Morgan fingerprint density at radius 1 is 1.15 bits per heavy atom. The van der Waals surface area contributed by atoms with E-state index >= 15 is 0 Å². The maximum Gasteiger partial charge on any atom is 0.231 e. The van der Waals surface area contributed by atoms with E-state index in [1.807, 2.05) is 34.9 Å². The van der Waals surface area contributed by atoms with Crippen LogP contribution in [0.25, 0.3) is 5.69 Å². The molecule has 0 atom stereocenters. The number of Topliss-reactive ketones (excluding diaryl/α,β-unsaturated/α-hetero) is 1. The maximum absolute atomic E-state index is 12.6. The molecule has 7 nitrogen and oxygen atoms in total. The lowest BCUT2D eigenvalue weighted by Crippen LogP contribution is -2.06. The van der Waals surface area contributed by atoms with Crippen LogP contribution in [0.2, 0.25) is 0 Å². The standard InChI is InChI=1S/C19H17N3O4S/c1-24-10-18-20-21-19(22(18)14-5-3-2-4-6-14)27-11-15(23)13-7-8-16-17(9-13)26-12-25-16/h2-9H,10-12H2,1H3. The Hall–Kier alpha value is -2.84. The number of carbonyl (C=O) groups is 1. The number of fused-ring (bicyclic) bond motifs is 1. The van der Waals surface area contributed by atoms with Gasteiger partial charge in [0.15, 0.2) is 28.3 Å². The normalized spacial score (nSPS) is 12.3. The molecule has 1 aliphatic rings. The molecule has 0 fully saturated rings. The number of thioether (sulfide) groups is 1. The number of methoxy groups -OCH3 is 1. The van der Waals surface area contributed by atoms with Crippen LogP contribution in [-0.2, 0) is 11.3 Å². The van der Waals surface area contributed by atoms with Crippen LogP contribution in [0, 0.1) is 0 Å². The Kier molecular flexibility index (Phi) is 5.08. The van der Waals surface area contributed by atoms with Gasteiger partial charge in [0.25, 0.3) is 0 Å². The second kappa shape index (κ2) is 7.81. The third kappa shape index (κ3) is 3.67. The molecule has 2 aromatic carbocycles. The van der Waals surface area contributed by atoms with Gasteiger partial charge in [-0.2, -0.15) is 0 Å². The minimum absolute atomic E-state index is 0.0193. The zero-order valence-corrected chi connectivity index (χ0v) is 15.4. The molecule has 8 heteroatoms. The number of para-hydroxylation sites is 1. The average molecular weight is 383 g/mol. The second-order valence-corrected chi connectivity index (χ2v) is 6.73. The van der Waals surface area contributed by atoms with E-state index < -0.39 is 0 Å². The zero-order valence-electron chi connectivity index (χ0n) is 14.6. The Morgan fingerprint density at radius 2 is 1.96 bits per heavy atom. The highest BCUT2D eigenvalue weighted by molar-refractivity contribution is 7.99. The van der Waals surface area contributed by atoms with Crippen LogP contribution in [0.1, 0.15) is 16.2 Å². The first-order chi connectivity index (χ1) is 13.3. The average Bonchev–Trinajstić information content (AvgIpc) is 3.33. The van der Waals surface area contributed by atoms with Crippen molar-refractivity contribution in [1.29, 1.82) is 0 Å². The molecule has 1 aliphatic heterocycles. The molecule has 0 saturated heterocycles. The lowest BCUT2D eigenvalue weighted by atomic mass is 10.1. The Balaban J connectivity index is 1.53. The summed E-state index contributed by atoms with van der Waals surface area (Å²) in [4.78, 5) is 12.6. The number of carbonyl (C=O) groups excluding carboxylic acids is 1. The van der Waals surface area contributed by atoms with Gasteiger partial charge >= 0.3 is 0 Å². The van der Waals surface area contributed by atoms with Crippen LogP contribution in [-0.4, -0.2) is 40.2 Å². The summed E-state index contributed by atoms with van der Waals surface area (Å²) in [5.41, 5.74) is 1.50. The highest BCUT2D eigenvalue weighted by Crippen LogP contribution is 2.33. The first-order valence-electron chi connectivity index (χ1n) is 8.30. The first kappa shape index (κ1) is 17.6. The summed E-state index contributed by atoms with van der Waals surface area (Å²) in [6.07, 6.45) is 0. The predicted molar refractivity (Wildman–Crippen MR) is 99.7 cm³/mol. The van der Waals surface area contributed by atoms with E-state index in [1.165, 1.54) is 11.8 Å². The minimum Gasteiger partial charge on any atom is -0.454 e. The van der Waals surface area contributed by atoms with Gasteiger partial charge in [-0.25, -0.2) is 0 Å². The van der Waals surface area contributed by atoms with Gasteiger partial charge < -0.3 is 14.2 Å². The van der Waals surface area contributed by atoms with Gasteiger partial charge in [0, 0.05) is 18.4 Å². The smallest absolute Gasteiger partial charge is 0.231 e. The summed E-state index contributed by atoms with van der Waals surface area (Å²) < 4.78 is 17.7. The molecular weight excluding hydrogens is 366 g/mol. The predicted octanol–water partition coefficient (Wildman–Crippen LogP) is 3.12. The molecule has 0 bridgehead atoms. The molecule has 0 radical (unpaired) electrons. The van der Waals surface area contributed by atoms with E-state index in [0.29, 0.717) is 34.7 Å². The van der Waals surface area contributed by atoms with Crippen molar-refractivity contribution in [3.05, 3.63) is 59.9 Å².